The van der Waals surface area contributed by atoms with Crippen molar-refractivity contribution in [1.82, 2.24) is 14.9 Å². The Labute approximate surface area is 175 Å². The molecular weight excluding hydrogens is 388 g/mol. The van der Waals surface area contributed by atoms with E-state index in [1.807, 2.05) is 34.6 Å². The number of carboxylic acids is 1. The van der Waals surface area contributed by atoms with E-state index in [-0.39, 0.29) is 29.8 Å². The number of nitrogens with zero attached hydrogens (tertiary/aromatic N) is 4. The zero-order valence-corrected chi connectivity index (χ0v) is 18.2. The van der Waals surface area contributed by atoms with Gasteiger partial charge in [-0.3, -0.25) is 4.90 Å². The number of aromatic carboxylic acids is 1. The molecule has 0 aliphatic carbocycles. The van der Waals surface area contributed by atoms with Crippen LogP contribution in [0.5, 0.6) is 6.01 Å². The molecule has 1 aliphatic heterocycles. The third-order valence-electron chi connectivity index (χ3n) is 4.98. The highest BCUT2D eigenvalue weighted by molar-refractivity contribution is 6.06. The van der Waals surface area contributed by atoms with Crippen LogP contribution in [0.25, 0.3) is 10.9 Å². The van der Waals surface area contributed by atoms with E-state index in [4.69, 9.17) is 9.47 Å². The maximum absolute atomic E-state index is 12.7. The van der Waals surface area contributed by atoms with Crippen molar-refractivity contribution in [3.05, 3.63) is 23.9 Å². The normalized spacial score (nSPS) is 19.7. The van der Waals surface area contributed by atoms with Crippen LogP contribution in [-0.2, 0) is 4.74 Å². The van der Waals surface area contributed by atoms with Crippen LogP contribution in [0.4, 0.5) is 10.5 Å². The van der Waals surface area contributed by atoms with E-state index in [2.05, 4.69) is 14.9 Å². The van der Waals surface area contributed by atoms with Crippen molar-refractivity contribution >= 4 is 28.7 Å². The van der Waals surface area contributed by atoms with Gasteiger partial charge in [0.1, 0.15) is 5.60 Å². The molecule has 0 saturated carbocycles. The molecule has 1 aliphatic rings. The molecule has 1 N–H and O–H groups in total. The molecule has 2 atom stereocenters. The number of carbonyl (C=O) groups excluding carboxylic acids is 1. The van der Waals surface area contributed by atoms with Gasteiger partial charge in [0.15, 0.2) is 0 Å². The summed E-state index contributed by atoms with van der Waals surface area (Å²) in [6, 6.07) is 3.22. The number of anilines is 1. The Hall–Kier alpha value is -3.10. The lowest BCUT2D eigenvalue weighted by Gasteiger charge is -2.45. The minimum absolute atomic E-state index is 0.0861. The SMILES string of the molecule is COc1ncc2c(N3C[C@@H](C)N(C(=O)OC(C)(C)C)[C@@H](C)C3)ccc(C(=O)O)c2n1. The van der Waals surface area contributed by atoms with Crippen molar-refractivity contribution in [2.45, 2.75) is 52.3 Å². The number of hydrogen-bond acceptors (Lipinski definition) is 7. The first kappa shape index (κ1) is 21.6. The molecule has 2 aromatic rings. The van der Waals surface area contributed by atoms with Crippen LogP contribution in [0, 0.1) is 0 Å². The van der Waals surface area contributed by atoms with Gasteiger partial charge in [-0.2, -0.15) is 4.98 Å². The quantitative estimate of drug-likeness (QED) is 0.813. The Bertz CT molecular complexity index is 960. The molecule has 1 aromatic carbocycles. The van der Waals surface area contributed by atoms with E-state index in [1.165, 1.54) is 7.11 Å². The summed E-state index contributed by atoms with van der Waals surface area (Å²) in [5.74, 6) is -1.07. The number of carbonyl (C=O) groups is 2. The second-order valence-corrected chi connectivity index (χ2v) is 8.55. The van der Waals surface area contributed by atoms with Gasteiger partial charge in [0, 0.05) is 30.4 Å². The molecule has 9 nitrogen and oxygen atoms in total. The van der Waals surface area contributed by atoms with Crippen molar-refractivity contribution in [3.8, 4) is 6.01 Å². The van der Waals surface area contributed by atoms with Crippen LogP contribution < -0.4 is 9.64 Å². The summed E-state index contributed by atoms with van der Waals surface area (Å²) in [6.45, 7) is 10.6. The fourth-order valence-electron chi connectivity index (χ4n) is 3.83. The second kappa shape index (κ2) is 7.97. The van der Waals surface area contributed by atoms with Gasteiger partial charge in [-0.05, 0) is 46.8 Å². The average Bonchev–Trinajstić information content (AvgIpc) is 2.64. The number of fused-ring (bicyclic) bond motifs is 1. The fraction of sp³-hybridized carbons (Fsp3) is 0.524. The molecule has 162 valence electrons. The van der Waals surface area contributed by atoms with Crippen LogP contribution in [0.2, 0.25) is 0 Å². The number of carboxylic acid groups (broad SMARTS) is 1. The monoisotopic (exact) mass is 416 g/mol. The number of ether oxygens (including phenoxy) is 2. The molecule has 3 rings (SSSR count). The first-order chi connectivity index (χ1) is 14.0. The van der Waals surface area contributed by atoms with Crippen LogP contribution in [-0.4, -0.2) is 69.9 Å². The van der Waals surface area contributed by atoms with Crippen LogP contribution in [0.1, 0.15) is 45.0 Å². The molecule has 30 heavy (non-hydrogen) atoms. The maximum atomic E-state index is 12.7. The number of rotatable bonds is 3. The highest BCUT2D eigenvalue weighted by Crippen LogP contribution is 2.32. The molecule has 0 unspecified atom stereocenters. The first-order valence-corrected chi connectivity index (χ1v) is 9.85. The third-order valence-corrected chi connectivity index (χ3v) is 4.98. The lowest BCUT2D eigenvalue weighted by atomic mass is 10.0. The summed E-state index contributed by atoms with van der Waals surface area (Å²) in [5, 5.41) is 10.2. The van der Waals surface area contributed by atoms with Crippen molar-refractivity contribution in [2.75, 3.05) is 25.1 Å². The van der Waals surface area contributed by atoms with Gasteiger partial charge in [-0.15, -0.1) is 0 Å². The Kier molecular flexibility index (Phi) is 5.74. The Balaban J connectivity index is 1.95. The molecule has 9 heteroatoms. The Morgan fingerprint density at radius 1 is 1.17 bits per heavy atom. The van der Waals surface area contributed by atoms with Crippen LogP contribution in [0.15, 0.2) is 18.3 Å². The summed E-state index contributed by atoms with van der Waals surface area (Å²) in [7, 11) is 1.44. The number of amides is 1. The van der Waals surface area contributed by atoms with Gasteiger partial charge in [0.2, 0.25) is 0 Å². The second-order valence-electron chi connectivity index (χ2n) is 8.55. The van der Waals surface area contributed by atoms with Gasteiger partial charge in [0.25, 0.3) is 0 Å². The number of aromatic nitrogens is 2. The van der Waals surface area contributed by atoms with Gasteiger partial charge >= 0.3 is 18.1 Å². The van der Waals surface area contributed by atoms with Gasteiger partial charge in [-0.1, -0.05) is 0 Å². The van der Waals surface area contributed by atoms with Gasteiger partial charge < -0.3 is 19.5 Å². The zero-order chi connectivity index (χ0) is 22.2. The Morgan fingerprint density at radius 3 is 2.33 bits per heavy atom. The molecule has 1 amide bonds. The molecule has 1 saturated heterocycles. The summed E-state index contributed by atoms with van der Waals surface area (Å²) < 4.78 is 10.6. The number of hydrogen-bond donors (Lipinski definition) is 1. The minimum Gasteiger partial charge on any atom is -0.478 e. The lowest BCUT2D eigenvalue weighted by Crippen LogP contribution is -2.59. The van der Waals surface area contributed by atoms with E-state index in [0.717, 1.165) is 5.69 Å². The topological polar surface area (TPSA) is 105 Å². The van der Waals surface area contributed by atoms with Crippen LogP contribution in [0.3, 0.4) is 0 Å². The summed E-state index contributed by atoms with van der Waals surface area (Å²) in [4.78, 5) is 36.6. The highest BCUT2D eigenvalue weighted by Gasteiger charge is 2.36. The summed E-state index contributed by atoms with van der Waals surface area (Å²) in [6.07, 6.45) is 1.25. The summed E-state index contributed by atoms with van der Waals surface area (Å²) >= 11 is 0. The Morgan fingerprint density at radius 2 is 1.80 bits per heavy atom. The van der Waals surface area contributed by atoms with Crippen molar-refractivity contribution in [2.24, 2.45) is 0 Å². The zero-order valence-electron chi connectivity index (χ0n) is 18.2. The van der Waals surface area contributed by atoms with Gasteiger partial charge in [0.05, 0.1) is 30.3 Å². The average molecular weight is 416 g/mol. The number of methoxy groups -OCH3 is 1. The predicted octanol–water partition coefficient (Wildman–Crippen LogP) is 3.17. The van der Waals surface area contributed by atoms with E-state index in [1.54, 1.807) is 23.2 Å². The molecule has 2 heterocycles. The smallest absolute Gasteiger partial charge is 0.410 e. The molecule has 0 radical (unpaired) electrons. The highest BCUT2D eigenvalue weighted by atomic mass is 16.6. The molecule has 1 aromatic heterocycles. The summed E-state index contributed by atoms with van der Waals surface area (Å²) in [5.41, 5.74) is 0.664. The maximum Gasteiger partial charge on any atom is 0.410 e. The van der Waals surface area contributed by atoms with Crippen molar-refractivity contribution in [1.29, 1.82) is 0 Å². The first-order valence-electron chi connectivity index (χ1n) is 9.85. The van der Waals surface area contributed by atoms with Crippen LogP contribution >= 0.6 is 0 Å². The van der Waals surface area contributed by atoms with E-state index < -0.39 is 11.6 Å². The minimum atomic E-state index is -1.07. The van der Waals surface area contributed by atoms with E-state index >= 15 is 0 Å². The molecular formula is C21H28N4O5. The number of benzene rings is 1. The van der Waals surface area contributed by atoms with Crippen molar-refractivity contribution < 1.29 is 24.2 Å². The van der Waals surface area contributed by atoms with E-state index in [0.29, 0.717) is 24.0 Å². The molecule has 0 spiro atoms. The van der Waals surface area contributed by atoms with Crippen molar-refractivity contribution in [3.63, 3.8) is 0 Å². The molecule has 0 bridgehead atoms. The predicted molar refractivity (Wildman–Crippen MR) is 112 cm³/mol. The van der Waals surface area contributed by atoms with E-state index in [9.17, 15) is 14.7 Å². The largest absolute Gasteiger partial charge is 0.478 e. The van der Waals surface area contributed by atoms with Gasteiger partial charge in [-0.25, -0.2) is 14.6 Å². The fourth-order valence-corrected chi connectivity index (χ4v) is 3.83. The third kappa shape index (κ3) is 4.24. The number of piperazine rings is 1. The standard InChI is InChI=1S/C21H28N4O5/c1-12-10-24(11-13(2)25(12)20(28)30-21(3,4)5)16-8-7-14(18(26)27)17-15(16)9-22-19(23-17)29-6/h7-9,12-13H,10-11H2,1-6H3,(H,26,27)/t12-,13+. The lowest BCUT2D eigenvalue weighted by molar-refractivity contribution is 0.00566. The molecule has 1 fully saturated rings.